The first-order valence-electron chi connectivity index (χ1n) is 10.2. The lowest BCUT2D eigenvalue weighted by molar-refractivity contribution is 0.0673. The molecule has 0 aliphatic heterocycles. The molecule has 0 N–H and O–H groups in total. The Morgan fingerprint density at radius 3 is 2.60 bits per heavy atom. The van der Waals surface area contributed by atoms with Gasteiger partial charge in [-0.25, -0.2) is 0 Å². The summed E-state index contributed by atoms with van der Waals surface area (Å²) in [5, 5.41) is 4.65. The Balaban J connectivity index is 1.52. The van der Waals surface area contributed by atoms with Crippen molar-refractivity contribution in [1.82, 2.24) is 10.1 Å². The van der Waals surface area contributed by atoms with E-state index in [0.717, 1.165) is 35.4 Å². The quantitative estimate of drug-likeness (QED) is 0.474. The topological polar surface area (TPSA) is 55.6 Å². The highest BCUT2D eigenvalue weighted by Crippen LogP contribution is 2.36. The van der Waals surface area contributed by atoms with Crippen molar-refractivity contribution < 1.29 is 14.1 Å². The molecule has 1 saturated carbocycles. The van der Waals surface area contributed by atoms with Crippen molar-refractivity contribution in [3.05, 3.63) is 81.7 Å². The molecular formula is C24H25ClN2O3. The van der Waals surface area contributed by atoms with Crippen LogP contribution in [0.2, 0.25) is 5.02 Å². The minimum absolute atomic E-state index is 0.0164. The summed E-state index contributed by atoms with van der Waals surface area (Å²) >= 11 is 6.03. The van der Waals surface area contributed by atoms with Gasteiger partial charge in [0, 0.05) is 16.6 Å². The van der Waals surface area contributed by atoms with Gasteiger partial charge in [-0.1, -0.05) is 35.0 Å². The SMILES string of the molecule is Cc1noc(C)c1COc1cccc(C(=O)N(C2CC2)C(C)c2ccc(Cl)cc2)c1. The fraction of sp³-hybridized carbons (Fsp3) is 0.333. The summed E-state index contributed by atoms with van der Waals surface area (Å²) < 4.78 is 11.1. The van der Waals surface area contributed by atoms with E-state index in [0.29, 0.717) is 22.9 Å². The zero-order chi connectivity index (χ0) is 21.3. The number of ether oxygens (including phenoxy) is 1. The molecule has 0 saturated heterocycles. The van der Waals surface area contributed by atoms with Crippen molar-refractivity contribution >= 4 is 17.5 Å². The Morgan fingerprint density at radius 1 is 1.23 bits per heavy atom. The number of hydrogen-bond donors (Lipinski definition) is 0. The molecule has 156 valence electrons. The van der Waals surface area contributed by atoms with E-state index in [4.69, 9.17) is 20.9 Å². The van der Waals surface area contributed by atoms with E-state index in [1.165, 1.54) is 0 Å². The van der Waals surface area contributed by atoms with Gasteiger partial charge in [-0.3, -0.25) is 4.79 Å². The number of aryl methyl sites for hydroxylation is 2. The molecule has 1 unspecified atom stereocenters. The normalized spacial score (nSPS) is 14.4. The number of amides is 1. The van der Waals surface area contributed by atoms with Crippen LogP contribution >= 0.6 is 11.6 Å². The molecule has 4 rings (SSSR count). The van der Waals surface area contributed by atoms with Crippen LogP contribution in [0.25, 0.3) is 0 Å². The Kier molecular flexibility index (Phi) is 5.82. The predicted octanol–water partition coefficient (Wildman–Crippen LogP) is 5.89. The van der Waals surface area contributed by atoms with Crippen LogP contribution in [0, 0.1) is 13.8 Å². The Bertz CT molecular complexity index is 1020. The third-order valence-electron chi connectivity index (χ3n) is 5.59. The van der Waals surface area contributed by atoms with Gasteiger partial charge in [0.15, 0.2) is 0 Å². The Labute approximate surface area is 181 Å². The number of aromatic nitrogens is 1. The zero-order valence-corrected chi connectivity index (χ0v) is 18.1. The largest absolute Gasteiger partial charge is 0.489 e. The number of halogens is 1. The van der Waals surface area contributed by atoms with Gasteiger partial charge < -0.3 is 14.2 Å². The van der Waals surface area contributed by atoms with E-state index in [-0.39, 0.29) is 18.0 Å². The first kappa shape index (κ1) is 20.5. The van der Waals surface area contributed by atoms with Crippen LogP contribution in [0.15, 0.2) is 53.1 Å². The molecule has 0 radical (unpaired) electrons. The number of hydrogen-bond acceptors (Lipinski definition) is 4. The second-order valence-electron chi connectivity index (χ2n) is 7.79. The van der Waals surface area contributed by atoms with E-state index in [9.17, 15) is 4.79 Å². The van der Waals surface area contributed by atoms with Crippen LogP contribution in [-0.2, 0) is 6.61 Å². The van der Waals surface area contributed by atoms with Crippen LogP contribution in [-0.4, -0.2) is 22.0 Å². The molecule has 1 fully saturated rings. The Hall–Kier alpha value is -2.79. The predicted molar refractivity (Wildman–Crippen MR) is 116 cm³/mol. The monoisotopic (exact) mass is 424 g/mol. The van der Waals surface area contributed by atoms with Crippen LogP contribution in [0.4, 0.5) is 0 Å². The number of rotatable bonds is 7. The molecule has 30 heavy (non-hydrogen) atoms. The zero-order valence-electron chi connectivity index (χ0n) is 17.4. The maximum Gasteiger partial charge on any atom is 0.254 e. The molecule has 0 bridgehead atoms. The van der Waals surface area contributed by atoms with Crippen molar-refractivity contribution in [3.8, 4) is 5.75 Å². The van der Waals surface area contributed by atoms with Crippen LogP contribution in [0.5, 0.6) is 5.75 Å². The van der Waals surface area contributed by atoms with E-state index >= 15 is 0 Å². The number of carbonyl (C=O) groups excluding carboxylic acids is 1. The summed E-state index contributed by atoms with van der Waals surface area (Å²) in [5.41, 5.74) is 3.45. The van der Waals surface area contributed by atoms with Gasteiger partial charge in [0.1, 0.15) is 18.1 Å². The lowest BCUT2D eigenvalue weighted by atomic mass is 10.0. The smallest absolute Gasteiger partial charge is 0.254 e. The van der Waals surface area contributed by atoms with Gasteiger partial charge in [-0.05, 0) is 69.5 Å². The van der Waals surface area contributed by atoms with Gasteiger partial charge in [0.2, 0.25) is 0 Å². The fourth-order valence-corrected chi connectivity index (χ4v) is 3.77. The molecule has 1 amide bonds. The summed E-state index contributed by atoms with van der Waals surface area (Å²) in [6, 6.07) is 15.3. The number of nitrogens with zero attached hydrogens (tertiary/aromatic N) is 2. The second kappa shape index (κ2) is 8.52. The maximum absolute atomic E-state index is 13.4. The van der Waals surface area contributed by atoms with Crippen LogP contribution in [0.3, 0.4) is 0 Å². The molecule has 1 heterocycles. The molecule has 1 aliphatic rings. The summed E-state index contributed by atoms with van der Waals surface area (Å²) in [5.74, 6) is 1.41. The maximum atomic E-state index is 13.4. The molecular weight excluding hydrogens is 400 g/mol. The first-order valence-corrected chi connectivity index (χ1v) is 10.5. The number of carbonyl (C=O) groups is 1. The van der Waals surface area contributed by atoms with Crippen molar-refractivity contribution in [2.24, 2.45) is 0 Å². The molecule has 0 spiro atoms. The highest BCUT2D eigenvalue weighted by molar-refractivity contribution is 6.30. The lowest BCUT2D eigenvalue weighted by Crippen LogP contribution is -2.35. The second-order valence-corrected chi connectivity index (χ2v) is 8.23. The van der Waals surface area contributed by atoms with E-state index in [1.54, 1.807) is 0 Å². The van der Waals surface area contributed by atoms with Crippen molar-refractivity contribution in [2.75, 3.05) is 0 Å². The number of benzene rings is 2. The van der Waals surface area contributed by atoms with Gasteiger partial charge >= 0.3 is 0 Å². The minimum Gasteiger partial charge on any atom is -0.489 e. The summed E-state index contributed by atoms with van der Waals surface area (Å²) in [6.07, 6.45) is 2.07. The molecule has 6 heteroatoms. The molecule has 5 nitrogen and oxygen atoms in total. The van der Waals surface area contributed by atoms with Gasteiger partial charge in [0.25, 0.3) is 5.91 Å². The summed E-state index contributed by atoms with van der Waals surface area (Å²) in [7, 11) is 0. The molecule has 1 aliphatic carbocycles. The molecule has 1 aromatic heterocycles. The highest BCUT2D eigenvalue weighted by atomic mass is 35.5. The molecule has 3 aromatic rings. The van der Waals surface area contributed by atoms with Crippen LogP contribution in [0.1, 0.15) is 58.7 Å². The van der Waals surface area contributed by atoms with E-state index in [1.807, 2.05) is 67.3 Å². The third kappa shape index (κ3) is 4.36. The molecule has 1 atom stereocenters. The summed E-state index contributed by atoms with van der Waals surface area (Å²) in [6.45, 7) is 6.18. The standard InChI is InChI=1S/C24H25ClN2O3/c1-15-23(17(3)30-26-15)14-29-22-6-4-5-19(13-22)24(28)27(21-11-12-21)16(2)18-7-9-20(25)10-8-18/h4-10,13,16,21H,11-12,14H2,1-3H3. The average Bonchev–Trinajstić information content (AvgIpc) is 3.52. The van der Waals surface area contributed by atoms with E-state index in [2.05, 4.69) is 12.1 Å². The summed E-state index contributed by atoms with van der Waals surface area (Å²) in [4.78, 5) is 15.4. The third-order valence-corrected chi connectivity index (χ3v) is 5.84. The first-order chi connectivity index (χ1) is 14.4. The fourth-order valence-electron chi connectivity index (χ4n) is 3.64. The Morgan fingerprint density at radius 2 is 1.97 bits per heavy atom. The highest BCUT2D eigenvalue weighted by Gasteiger charge is 2.36. The van der Waals surface area contributed by atoms with E-state index < -0.39 is 0 Å². The van der Waals surface area contributed by atoms with Crippen molar-refractivity contribution in [2.45, 2.75) is 52.3 Å². The van der Waals surface area contributed by atoms with Crippen LogP contribution < -0.4 is 4.74 Å². The van der Waals surface area contributed by atoms with Gasteiger partial charge in [0.05, 0.1) is 17.3 Å². The van der Waals surface area contributed by atoms with Crippen molar-refractivity contribution in [3.63, 3.8) is 0 Å². The van der Waals surface area contributed by atoms with Gasteiger partial charge in [-0.15, -0.1) is 0 Å². The average molecular weight is 425 g/mol. The van der Waals surface area contributed by atoms with Crippen molar-refractivity contribution in [1.29, 1.82) is 0 Å². The molecule has 2 aromatic carbocycles. The minimum atomic E-state index is -0.0332. The van der Waals surface area contributed by atoms with Gasteiger partial charge in [-0.2, -0.15) is 0 Å². The lowest BCUT2D eigenvalue weighted by Gasteiger charge is -2.30.